The number of carbonyl (C=O) groups excluding carboxylic acids is 1. The Morgan fingerprint density at radius 3 is 2.71 bits per heavy atom. The van der Waals surface area contributed by atoms with Gasteiger partial charge in [0.25, 0.3) is 5.91 Å². The highest BCUT2D eigenvalue weighted by atomic mass is 35.5. The molecule has 1 spiro atoms. The number of hydrogen-bond acceptors (Lipinski definition) is 7. The number of nitrogens with zero attached hydrogens (tertiary/aromatic N) is 3. The van der Waals surface area contributed by atoms with Gasteiger partial charge in [-0.05, 0) is 133 Å². The van der Waals surface area contributed by atoms with E-state index in [1.165, 1.54) is 62.5 Å². The van der Waals surface area contributed by atoms with E-state index < -0.39 is 0 Å². The molecule has 1 aromatic carbocycles. The van der Waals surface area contributed by atoms with Crippen molar-refractivity contribution < 1.29 is 9.90 Å². The Bertz CT molecular complexity index is 2160. The number of pyridine rings is 1. The summed E-state index contributed by atoms with van der Waals surface area (Å²) in [5.41, 5.74) is 10.3. The molecule has 0 atom stereocenters. The number of aliphatic hydroxyl groups is 1. The van der Waals surface area contributed by atoms with Crippen molar-refractivity contribution in [2.75, 3.05) is 44.7 Å². The monoisotopic (exact) mass is 774 g/mol. The first-order chi connectivity index (χ1) is 26.8. The summed E-state index contributed by atoms with van der Waals surface area (Å²) in [7, 11) is 1.78. The van der Waals surface area contributed by atoms with Gasteiger partial charge < -0.3 is 20.3 Å². The number of rotatable bonds is 10. The number of likely N-dealkylation sites (N-methyl/N-ethyl adjacent to an activating group) is 1. The third-order valence-corrected chi connectivity index (χ3v) is 13.2. The first-order valence-electron chi connectivity index (χ1n) is 19.8. The van der Waals surface area contributed by atoms with Crippen LogP contribution in [0, 0.1) is 5.41 Å². The molecule has 8 nitrogen and oxygen atoms in total. The Balaban J connectivity index is 0.989. The van der Waals surface area contributed by atoms with Crippen molar-refractivity contribution in [2.45, 2.75) is 64.2 Å². The van der Waals surface area contributed by atoms with Crippen LogP contribution in [0.2, 0.25) is 0 Å². The average molecular weight is 775 g/mol. The van der Waals surface area contributed by atoms with Crippen LogP contribution in [-0.4, -0.2) is 65.7 Å². The molecule has 0 bridgehead atoms. The predicted octanol–water partition coefficient (Wildman–Crippen LogP) is 9.54. The number of aliphatic hydroxyl groups excluding tert-OH is 1. The smallest absolute Gasteiger partial charge is 0.261 e. The number of aromatic amines is 1. The van der Waals surface area contributed by atoms with Crippen molar-refractivity contribution in [3.63, 3.8) is 0 Å². The largest absolute Gasteiger partial charge is 0.506 e. The van der Waals surface area contributed by atoms with Gasteiger partial charge in [-0.25, -0.2) is 4.98 Å². The number of amides is 1. The van der Waals surface area contributed by atoms with Gasteiger partial charge in [0.05, 0.1) is 5.70 Å². The fourth-order valence-electron chi connectivity index (χ4n) is 8.99. The van der Waals surface area contributed by atoms with Crippen LogP contribution in [-0.2, 0) is 6.42 Å². The Morgan fingerprint density at radius 2 is 1.87 bits per heavy atom. The van der Waals surface area contributed by atoms with Crippen molar-refractivity contribution in [1.29, 1.82) is 0 Å². The molecule has 4 N–H and O–H groups in total. The van der Waals surface area contributed by atoms with Gasteiger partial charge in [0.1, 0.15) is 11.4 Å². The number of nitrogens with one attached hydrogen (secondary N) is 3. The van der Waals surface area contributed by atoms with Crippen LogP contribution in [0.3, 0.4) is 0 Å². The Hall–Kier alpha value is -4.44. The summed E-state index contributed by atoms with van der Waals surface area (Å²) in [6.07, 6.45) is 29.4. The van der Waals surface area contributed by atoms with Crippen molar-refractivity contribution >= 4 is 46.2 Å². The molecule has 10 heteroatoms. The van der Waals surface area contributed by atoms with Crippen LogP contribution in [0.1, 0.15) is 79.3 Å². The van der Waals surface area contributed by atoms with Crippen LogP contribution in [0.15, 0.2) is 123 Å². The SMILES string of the molecule is CNC1=C(O)C=C(SNC(=O)c2ccc(N3CCN(CC4=C(C5=CC=C(Cl)CC=C5)CC5(CCCC5)CC4)CC3)cc2Cc2cnc3[nH]ccc3c2)CC=C1. The van der Waals surface area contributed by atoms with Gasteiger partial charge >= 0.3 is 0 Å². The minimum Gasteiger partial charge on any atom is -0.506 e. The third-order valence-electron chi connectivity index (χ3n) is 12.1. The molecule has 0 unspecified atom stereocenters. The molecule has 1 amide bonds. The van der Waals surface area contributed by atoms with Crippen LogP contribution in [0.5, 0.6) is 0 Å². The maximum atomic E-state index is 13.8. The molecule has 55 heavy (non-hydrogen) atoms. The maximum Gasteiger partial charge on any atom is 0.261 e. The zero-order valence-electron chi connectivity index (χ0n) is 31.7. The molecule has 1 saturated carbocycles. The standard InChI is InChI=1S/C45H51ClN6O2S/c1-47-41-9-5-8-38(27-42(41)53)55-50-44(54)39-13-12-37(26-35(39)25-31-24-33-15-19-48-43(33)49-29-31)52-22-20-51(21-23-52)30-34-14-18-45(16-2-3-17-45)28-40(34)32-6-4-7-36(46)11-10-32/h4-6,9-13,15,19,24,26-27,29,47,53H,2-3,7-8,14,16-18,20-23,25,28,30H2,1H3,(H,48,49)(H,50,54). The van der Waals surface area contributed by atoms with Crippen molar-refractivity contribution in [1.82, 2.24) is 24.9 Å². The number of piperazine rings is 1. The highest BCUT2D eigenvalue weighted by molar-refractivity contribution is 8.01. The van der Waals surface area contributed by atoms with Gasteiger partial charge in [0, 0.05) is 85.2 Å². The first-order valence-corrected chi connectivity index (χ1v) is 21.0. The van der Waals surface area contributed by atoms with Gasteiger partial charge in [-0.15, -0.1) is 0 Å². The number of allylic oxidation sites excluding steroid dienone is 11. The van der Waals surface area contributed by atoms with Crippen LogP contribution < -0.4 is 14.9 Å². The molecule has 3 heterocycles. The Morgan fingerprint density at radius 1 is 1.04 bits per heavy atom. The Labute approximate surface area is 334 Å². The second-order valence-corrected chi connectivity index (χ2v) is 17.1. The van der Waals surface area contributed by atoms with E-state index in [2.05, 4.69) is 72.3 Å². The number of H-pyrrole nitrogens is 1. The molecule has 1 saturated heterocycles. The number of anilines is 1. The van der Waals surface area contributed by atoms with E-state index in [4.69, 9.17) is 11.6 Å². The van der Waals surface area contributed by atoms with Gasteiger partial charge in [0.15, 0.2) is 0 Å². The van der Waals surface area contributed by atoms with Crippen LogP contribution in [0.25, 0.3) is 11.0 Å². The summed E-state index contributed by atoms with van der Waals surface area (Å²) in [4.78, 5) is 27.6. The van der Waals surface area contributed by atoms with Crippen molar-refractivity contribution in [2.24, 2.45) is 5.41 Å². The lowest BCUT2D eigenvalue weighted by molar-refractivity contribution is 0.0983. The maximum absolute atomic E-state index is 13.8. The number of aromatic nitrogens is 2. The van der Waals surface area contributed by atoms with E-state index in [9.17, 15) is 9.90 Å². The van der Waals surface area contributed by atoms with Crippen LogP contribution in [0.4, 0.5) is 5.69 Å². The van der Waals surface area contributed by atoms with E-state index >= 15 is 0 Å². The second-order valence-electron chi connectivity index (χ2n) is 15.6. The van der Waals surface area contributed by atoms with Gasteiger partial charge in [-0.1, -0.05) is 54.3 Å². The number of carbonyl (C=O) groups is 1. The lowest BCUT2D eigenvalue weighted by Gasteiger charge is -2.40. The molecule has 286 valence electrons. The first kappa shape index (κ1) is 37.5. The zero-order valence-corrected chi connectivity index (χ0v) is 33.2. The Kier molecular flexibility index (Phi) is 11.4. The summed E-state index contributed by atoms with van der Waals surface area (Å²) >= 11 is 7.70. The predicted molar refractivity (Wildman–Crippen MR) is 227 cm³/mol. The van der Waals surface area contributed by atoms with E-state index in [0.29, 0.717) is 29.5 Å². The van der Waals surface area contributed by atoms with E-state index in [1.54, 1.807) is 24.3 Å². The van der Waals surface area contributed by atoms with Crippen molar-refractivity contribution in [3.05, 3.63) is 140 Å². The molecule has 3 aromatic rings. The quantitative estimate of drug-likeness (QED) is 0.153. The zero-order chi connectivity index (χ0) is 37.8. The molecule has 4 aliphatic carbocycles. The molecular weight excluding hydrogens is 724 g/mol. The molecule has 8 rings (SSSR count). The fourth-order valence-corrected chi connectivity index (χ4v) is 9.82. The summed E-state index contributed by atoms with van der Waals surface area (Å²) < 4.78 is 3.05. The minimum absolute atomic E-state index is 0.149. The van der Waals surface area contributed by atoms with E-state index in [0.717, 1.165) is 76.9 Å². The summed E-state index contributed by atoms with van der Waals surface area (Å²) in [6.45, 7) is 4.86. The lowest BCUT2D eigenvalue weighted by atomic mass is 9.68. The summed E-state index contributed by atoms with van der Waals surface area (Å²) in [5, 5.41) is 15.4. The van der Waals surface area contributed by atoms with E-state index in [-0.39, 0.29) is 11.7 Å². The number of benzene rings is 1. The van der Waals surface area contributed by atoms with E-state index in [1.807, 2.05) is 36.7 Å². The fraction of sp³-hybridized carbons (Fsp3) is 0.378. The third kappa shape index (κ3) is 8.69. The summed E-state index contributed by atoms with van der Waals surface area (Å²) in [5.74, 6) is -0.0121. The van der Waals surface area contributed by atoms with Gasteiger partial charge in [0.2, 0.25) is 0 Å². The molecular formula is C45H51ClN6O2S. The molecule has 2 aromatic heterocycles. The molecule has 1 aliphatic heterocycles. The van der Waals surface area contributed by atoms with Crippen molar-refractivity contribution in [3.8, 4) is 0 Å². The van der Waals surface area contributed by atoms with Gasteiger partial charge in [-0.3, -0.25) is 14.4 Å². The summed E-state index contributed by atoms with van der Waals surface area (Å²) in [6, 6.07) is 10.4. The normalized spacial score (nSPS) is 20.4. The topological polar surface area (TPSA) is 96.5 Å². The number of fused-ring (bicyclic) bond motifs is 1. The van der Waals surface area contributed by atoms with Crippen LogP contribution >= 0.6 is 23.5 Å². The molecule has 5 aliphatic rings. The molecule has 0 radical (unpaired) electrons. The minimum atomic E-state index is -0.161. The number of hydrogen-bond donors (Lipinski definition) is 4. The lowest BCUT2D eigenvalue weighted by Crippen LogP contribution is -2.47. The highest BCUT2D eigenvalue weighted by Crippen LogP contribution is 2.52. The second kappa shape index (κ2) is 16.7. The average Bonchev–Trinajstić information content (AvgIpc) is 3.75. The van der Waals surface area contributed by atoms with Gasteiger partial charge in [-0.2, -0.15) is 0 Å². The number of halogens is 1. The highest BCUT2D eigenvalue weighted by Gasteiger charge is 2.38. The molecule has 2 fully saturated rings.